The van der Waals surface area contributed by atoms with Crippen molar-refractivity contribution in [2.24, 2.45) is 0 Å². The van der Waals surface area contributed by atoms with Crippen LogP contribution in [0.1, 0.15) is 33.6 Å². The second-order valence-corrected chi connectivity index (χ2v) is 6.74. The van der Waals surface area contributed by atoms with Crippen LogP contribution in [0.5, 0.6) is 0 Å². The molecule has 1 atom stereocenters. The molecule has 0 aliphatic carbocycles. The number of aromatic nitrogens is 1. The summed E-state index contributed by atoms with van der Waals surface area (Å²) in [5, 5.41) is 3.55. The van der Waals surface area contributed by atoms with Gasteiger partial charge in [0.05, 0.1) is 0 Å². The minimum atomic E-state index is -0.517. The van der Waals surface area contributed by atoms with E-state index in [1.807, 2.05) is 25.7 Å². The van der Waals surface area contributed by atoms with E-state index in [1.165, 1.54) is 0 Å². The van der Waals surface area contributed by atoms with Crippen molar-refractivity contribution in [1.29, 1.82) is 0 Å². The third kappa shape index (κ3) is 4.64. The first-order valence-electron chi connectivity index (χ1n) is 6.84. The second kappa shape index (κ2) is 6.28. The van der Waals surface area contributed by atoms with Crippen LogP contribution in [-0.4, -0.2) is 29.4 Å². The van der Waals surface area contributed by atoms with Crippen LogP contribution in [0.25, 0.3) is 0 Å². The first-order valence-corrected chi connectivity index (χ1v) is 7.59. The van der Waals surface area contributed by atoms with Gasteiger partial charge in [-0.15, -0.1) is 0 Å². The number of hydrogen-bond acceptors (Lipinski definition) is 4. The van der Waals surface area contributed by atoms with Gasteiger partial charge in [0.1, 0.15) is 22.1 Å². The van der Waals surface area contributed by atoms with E-state index in [4.69, 9.17) is 27.9 Å². The molecule has 1 saturated heterocycles. The van der Waals surface area contributed by atoms with Crippen molar-refractivity contribution >= 4 is 35.0 Å². The Balaban J connectivity index is 2.08. The van der Waals surface area contributed by atoms with Crippen molar-refractivity contribution in [1.82, 2.24) is 10.3 Å². The minimum absolute atomic E-state index is 0.130. The molecule has 1 aliphatic rings. The van der Waals surface area contributed by atoms with Gasteiger partial charge in [-0.2, -0.15) is 0 Å². The molecule has 1 amide bonds. The Morgan fingerprint density at radius 1 is 1.38 bits per heavy atom. The standard InChI is InChI=1S/C14H19Cl2N3O2/c1-14(2,3)21-13(20)18-12-5-4-6-19(12)9-7-10(15)17-11(16)8-9/h7-8,12H,4-6H2,1-3H3,(H,18,20). The third-order valence-corrected chi connectivity index (χ3v) is 3.40. The van der Waals surface area contributed by atoms with Crippen molar-refractivity contribution in [3.63, 3.8) is 0 Å². The van der Waals surface area contributed by atoms with E-state index < -0.39 is 11.7 Å². The predicted molar refractivity (Wildman–Crippen MR) is 84.0 cm³/mol. The summed E-state index contributed by atoms with van der Waals surface area (Å²) in [5.41, 5.74) is 0.329. The van der Waals surface area contributed by atoms with Gasteiger partial charge in [0.25, 0.3) is 0 Å². The lowest BCUT2D eigenvalue weighted by Gasteiger charge is -2.29. The highest BCUT2D eigenvalue weighted by Crippen LogP contribution is 2.28. The van der Waals surface area contributed by atoms with E-state index in [2.05, 4.69) is 10.3 Å². The average Bonchev–Trinajstić information content (AvgIpc) is 2.72. The Morgan fingerprint density at radius 2 is 2.00 bits per heavy atom. The van der Waals surface area contributed by atoms with E-state index in [-0.39, 0.29) is 6.17 Å². The number of anilines is 1. The van der Waals surface area contributed by atoms with E-state index in [0.29, 0.717) is 10.3 Å². The molecular formula is C14H19Cl2N3O2. The zero-order valence-electron chi connectivity index (χ0n) is 12.3. The Morgan fingerprint density at radius 3 is 2.57 bits per heavy atom. The van der Waals surface area contributed by atoms with Crippen LogP contribution in [0.3, 0.4) is 0 Å². The lowest BCUT2D eigenvalue weighted by atomic mass is 10.2. The Labute approximate surface area is 134 Å². The van der Waals surface area contributed by atoms with Gasteiger partial charge in [0, 0.05) is 12.2 Å². The van der Waals surface area contributed by atoms with Crippen molar-refractivity contribution in [2.75, 3.05) is 11.4 Å². The zero-order chi connectivity index (χ0) is 15.6. The summed E-state index contributed by atoms with van der Waals surface area (Å²) in [6, 6.07) is 3.48. The predicted octanol–water partition coefficient (Wildman–Crippen LogP) is 3.84. The van der Waals surface area contributed by atoms with Gasteiger partial charge in [-0.1, -0.05) is 23.2 Å². The summed E-state index contributed by atoms with van der Waals surface area (Å²) < 4.78 is 5.29. The van der Waals surface area contributed by atoms with Gasteiger partial charge in [-0.3, -0.25) is 0 Å². The molecule has 0 aromatic carbocycles. The zero-order valence-corrected chi connectivity index (χ0v) is 13.8. The summed E-state index contributed by atoms with van der Waals surface area (Å²) >= 11 is 11.9. The fourth-order valence-electron chi connectivity index (χ4n) is 2.29. The number of alkyl carbamates (subject to hydrolysis) is 1. The van der Waals surface area contributed by atoms with Gasteiger partial charge in [-0.05, 0) is 45.7 Å². The Kier molecular flexibility index (Phi) is 4.84. The van der Waals surface area contributed by atoms with Gasteiger partial charge < -0.3 is 15.0 Å². The molecular weight excluding hydrogens is 313 g/mol. The number of carbonyl (C=O) groups is 1. The maximum absolute atomic E-state index is 11.9. The summed E-state index contributed by atoms with van der Waals surface area (Å²) in [4.78, 5) is 17.9. The molecule has 7 heteroatoms. The van der Waals surface area contributed by atoms with Crippen LogP contribution in [0.2, 0.25) is 10.3 Å². The summed E-state index contributed by atoms with van der Waals surface area (Å²) in [6.45, 7) is 6.32. The highest BCUT2D eigenvalue weighted by Gasteiger charge is 2.28. The number of halogens is 2. The van der Waals surface area contributed by atoms with E-state index >= 15 is 0 Å². The van der Waals surface area contributed by atoms with Gasteiger partial charge in [0.2, 0.25) is 0 Å². The number of nitrogens with one attached hydrogen (secondary N) is 1. The topological polar surface area (TPSA) is 54.5 Å². The lowest BCUT2D eigenvalue weighted by Crippen LogP contribution is -2.46. The van der Waals surface area contributed by atoms with Crippen molar-refractivity contribution in [3.8, 4) is 0 Å². The molecule has 116 valence electrons. The molecule has 1 N–H and O–H groups in total. The van der Waals surface area contributed by atoms with Gasteiger partial charge >= 0.3 is 6.09 Å². The van der Waals surface area contributed by atoms with E-state index in [0.717, 1.165) is 25.1 Å². The third-order valence-electron chi connectivity index (χ3n) is 3.02. The fraction of sp³-hybridized carbons (Fsp3) is 0.571. The van der Waals surface area contributed by atoms with Crippen LogP contribution in [0, 0.1) is 0 Å². The first kappa shape index (κ1) is 16.2. The van der Waals surface area contributed by atoms with Crippen LogP contribution < -0.4 is 10.2 Å². The highest BCUT2D eigenvalue weighted by atomic mass is 35.5. The van der Waals surface area contributed by atoms with Crippen LogP contribution >= 0.6 is 23.2 Å². The molecule has 1 aromatic heterocycles. The second-order valence-electron chi connectivity index (χ2n) is 5.97. The fourth-order valence-corrected chi connectivity index (χ4v) is 2.74. The Bertz CT molecular complexity index is 511. The molecule has 0 saturated carbocycles. The van der Waals surface area contributed by atoms with Gasteiger partial charge in [-0.25, -0.2) is 9.78 Å². The number of hydrogen-bond donors (Lipinski definition) is 1. The molecule has 21 heavy (non-hydrogen) atoms. The SMILES string of the molecule is CC(C)(C)OC(=O)NC1CCCN1c1cc(Cl)nc(Cl)c1. The normalized spacial score (nSPS) is 18.7. The molecule has 0 radical (unpaired) electrons. The maximum atomic E-state index is 11.9. The van der Waals surface area contributed by atoms with Crippen LogP contribution in [0.4, 0.5) is 10.5 Å². The molecule has 5 nitrogen and oxygen atoms in total. The number of ether oxygens (including phenoxy) is 1. The lowest BCUT2D eigenvalue weighted by molar-refractivity contribution is 0.0506. The quantitative estimate of drug-likeness (QED) is 0.836. The minimum Gasteiger partial charge on any atom is -0.444 e. The number of pyridine rings is 1. The molecule has 1 aliphatic heterocycles. The number of rotatable bonds is 2. The first-order chi connectivity index (χ1) is 9.74. The van der Waals surface area contributed by atoms with Crippen molar-refractivity contribution in [3.05, 3.63) is 22.4 Å². The van der Waals surface area contributed by atoms with Crippen LogP contribution in [-0.2, 0) is 4.74 Å². The van der Waals surface area contributed by atoms with E-state index in [1.54, 1.807) is 12.1 Å². The monoisotopic (exact) mass is 331 g/mol. The molecule has 1 aromatic rings. The molecule has 1 unspecified atom stereocenters. The Hall–Kier alpha value is -1.20. The summed E-state index contributed by atoms with van der Waals surface area (Å²) in [5.74, 6) is 0. The highest BCUT2D eigenvalue weighted by molar-refractivity contribution is 6.32. The summed E-state index contributed by atoms with van der Waals surface area (Å²) in [6.07, 6.45) is 1.26. The smallest absolute Gasteiger partial charge is 0.409 e. The van der Waals surface area contributed by atoms with E-state index in [9.17, 15) is 4.79 Å². The number of amides is 1. The molecule has 1 fully saturated rings. The average molecular weight is 332 g/mol. The largest absolute Gasteiger partial charge is 0.444 e. The van der Waals surface area contributed by atoms with Gasteiger partial charge in [0.15, 0.2) is 0 Å². The number of carbonyl (C=O) groups excluding carboxylic acids is 1. The molecule has 2 rings (SSSR count). The maximum Gasteiger partial charge on any atom is 0.409 e. The van der Waals surface area contributed by atoms with Crippen molar-refractivity contribution in [2.45, 2.75) is 45.4 Å². The molecule has 0 spiro atoms. The molecule has 2 heterocycles. The summed E-state index contributed by atoms with van der Waals surface area (Å²) in [7, 11) is 0. The number of nitrogens with zero attached hydrogens (tertiary/aromatic N) is 2. The van der Waals surface area contributed by atoms with Crippen molar-refractivity contribution < 1.29 is 9.53 Å². The molecule has 0 bridgehead atoms. The van der Waals surface area contributed by atoms with Crippen LogP contribution in [0.15, 0.2) is 12.1 Å².